The van der Waals surface area contributed by atoms with E-state index in [9.17, 15) is 4.57 Å². The number of phosphoric ester groups is 1. The van der Waals surface area contributed by atoms with E-state index in [1.54, 1.807) is 0 Å². The van der Waals surface area contributed by atoms with E-state index < -0.39 is 7.82 Å². The molecular weight excluding hydrogens is 269 g/mol. The Morgan fingerprint density at radius 1 is 1.37 bits per heavy atom. The van der Waals surface area contributed by atoms with Crippen molar-refractivity contribution in [1.29, 1.82) is 0 Å². The molecule has 1 aromatic carbocycles. The summed E-state index contributed by atoms with van der Waals surface area (Å²) >= 11 is 0. The van der Waals surface area contributed by atoms with E-state index in [0.29, 0.717) is 6.04 Å². The molecule has 0 amide bonds. The molecule has 1 aliphatic rings. The van der Waals surface area contributed by atoms with Crippen molar-refractivity contribution in [3.8, 4) is 0 Å². The van der Waals surface area contributed by atoms with Crippen LogP contribution in [0.4, 0.5) is 0 Å². The zero-order valence-corrected chi connectivity index (χ0v) is 11.9. The third-order valence-corrected chi connectivity index (χ3v) is 3.16. The summed E-state index contributed by atoms with van der Waals surface area (Å²) in [4.78, 5) is 15.4. The van der Waals surface area contributed by atoms with Gasteiger partial charge in [-0.25, -0.2) is 4.57 Å². The number of morpholine rings is 1. The predicted molar refractivity (Wildman–Crippen MR) is 71.7 cm³/mol. The average Bonchev–Trinajstić information content (AvgIpc) is 2.40. The minimum absolute atomic E-state index is 0.218. The second-order valence-electron chi connectivity index (χ2n) is 4.12. The Morgan fingerprint density at radius 3 is 2.42 bits per heavy atom. The van der Waals surface area contributed by atoms with Crippen LogP contribution in [0.3, 0.4) is 0 Å². The second-order valence-corrected chi connectivity index (χ2v) is 5.46. The van der Waals surface area contributed by atoms with Gasteiger partial charge in [0.1, 0.15) is 0 Å². The van der Waals surface area contributed by atoms with Gasteiger partial charge in [0.25, 0.3) is 0 Å². The minimum Gasteiger partial charge on any atom is -0.371 e. The summed E-state index contributed by atoms with van der Waals surface area (Å²) in [5.74, 6) is 0. The standard InChI is InChI=1S/C11H15NO.CH5O4P/c1-9-11(13-8-7-12-9)10-5-3-2-4-6-10;1-5-6(2,3)4/h2-6,9,11-12H,7-8H2,1H3;1H3,(H2,2,3,4). The van der Waals surface area contributed by atoms with Gasteiger partial charge in [-0.3, -0.25) is 4.52 Å². The Morgan fingerprint density at radius 2 is 1.95 bits per heavy atom. The first-order chi connectivity index (χ1) is 8.94. The second kappa shape index (κ2) is 7.75. The third-order valence-electron chi connectivity index (χ3n) is 2.69. The molecule has 3 N–H and O–H groups in total. The van der Waals surface area contributed by atoms with Crippen molar-refractivity contribution in [2.45, 2.75) is 19.1 Å². The first-order valence-electron chi connectivity index (χ1n) is 5.95. The van der Waals surface area contributed by atoms with Gasteiger partial charge in [0.05, 0.1) is 12.7 Å². The molecule has 1 aromatic rings. The van der Waals surface area contributed by atoms with Crippen LogP contribution in [-0.4, -0.2) is 36.1 Å². The Hall–Kier alpha value is -0.750. The Balaban J connectivity index is 0.000000258. The summed E-state index contributed by atoms with van der Waals surface area (Å²) < 4.78 is 18.8. The van der Waals surface area contributed by atoms with Crippen molar-refractivity contribution in [3.63, 3.8) is 0 Å². The molecule has 0 radical (unpaired) electrons. The first-order valence-corrected chi connectivity index (χ1v) is 7.48. The maximum atomic E-state index is 9.47. The zero-order valence-electron chi connectivity index (χ0n) is 11.0. The number of rotatable bonds is 2. The van der Waals surface area contributed by atoms with Gasteiger partial charge in [-0.15, -0.1) is 0 Å². The fourth-order valence-corrected chi connectivity index (χ4v) is 1.75. The molecule has 0 spiro atoms. The van der Waals surface area contributed by atoms with E-state index >= 15 is 0 Å². The number of hydrogen-bond donors (Lipinski definition) is 3. The van der Waals surface area contributed by atoms with Gasteiger partial charge < -0.3 is 19.8 Å². The SMILES string of the molecule is CC1NCCOC1c1ccccc1.COP(=O)(O)O. The summed E-state index contributed by atoms with van der Waals surface area (Å²) in [5.41, 5.74) is 1.27. The highest BCUT2D eigenvalue weighted by Crippen LogP contribution is 2.33. The number of hydrogen-bond acceptors (Lipinski definition) is 4. The molecule has 2 rings (SSSR count). The van der Waals surface area contributed by atoms with E-state index in [1.807, 2.05) is 6.07 Å². The van der Waals surface area contributed by atoms with Gasteiger partial charge >= 0.3 is 7.82 Å². The van der Waals surface area contributed by atoms with Crippen molar-refractivity contribution >= 4 is 7.82 Å². The molecule has 7 heteroatoms. The lowest BCUT2D eigenvalue weighted by molar-refractivity contribution is -0.000221. The molecule has 1 aliphatic heterocycles. The lowest BCUT2D eigenvalue weighted by Gasteiger charge is -2.30. The number of benzene rings is 1. The van der Waals surface area contributed by atoms with Crippen LogP contribution in [-0.2, 0) is 13.8 Å². The van der Waals surface area contributed by atoms with E-state index in [-0.39, 0.29) is 6.10 Å². The van der Waals surface area contributed by atoms with Gasteiger partial charge in [0.15, 0.2) is 0 Å². The van der Waals surface area contributed by atoms with Crippen molar-refractivity contribution in [3.05, 3.63) is 35.9 Å². The number of nitrogens with one attached hydrogen (secondary N) is 1. The molecule has 1 fully saturated rings. The van der Waals surface area contributed by atoms with E-state index in [4.69, 9.17) is 14.5 Å². The first kappa shape index (κ1) is 16.3. The van der Waals surface area contributed by atoms with E-state index in [2.05, 4.69) is 41.0 Å². The van der Waals surface area contributed by atoms with Crippen LogP contribution >= 0.6 is 7.82 Å². The predicted octanol–water partition coefficient (Wildman–Crippen LogP) is 1.46. The zero-order chi connectivity index (χ0) is 14.3. The molecule has 0 aliphatic carbocycles. The lowest BCUT2D eigenvalue weighted by Crippen LogP contribution is -2.41. The molecule has 0 aromatic heterocycles. The molecule has 19 heavy (non-hydrogen) atoms. The van der Waals surface area contributed by atoms with Crippen molar-refractivity contribution in [1.82, 2.24) is 5.32 Å². The van der Waals surface area contributed by atoms with Crippen molar-refractivity contribution < 1.29 is 23.6 Å². The summed E-state index contributed by atoms with van der Waals surface area (Å²) in [6.45, 7) is 3.94. The van der Waals surface area contributed by atoms with E-state index in [0.717, 1.165) is 20.3 Å². The van der Waals surface area contributed by atoms with Gasteiger partial charge in [-0.05, 0) is 12.5 Å². The Kier molecular flexibility index (Phi) is 6.65. The van der Waals surface area contributed by atoms with Gasteiger partial charge in [-0.1, -0.05) is 30.3 Å². The largest absolute Gasteiger partial charge is 0.469 e. The molecule has 2 atom stereocenters. The molecule has 108 valence electrons. The van der Waals surface area contributed by atoms with Crippen LogP contribution in [0.25, 0.3) is 0 Å². The molecule has 0 bridgehead atoms. The maximum absolute atomic E-state index is 9.47. The monoisotopic (exact) mass is 289 g/mol. The summed E-state index contributed by atoms with van der Waals surface area (Å²) in [6.07, 6.45) is 0.218. The Labute approximate surface area is 113 Å². The maximum Gasteiger partial charge on any atom is 0.469 e. The average molecular weight is 289 g/mol. The van der Waals surface area contributed by atoms with Crippen LogP contribution in [0.15, 0.2) is 30.3 Å². The van der Waals surface area contributed by atoms with Crippen LogP contribution < -0.4 is 5.32 Å². The van der Waals surface area contributed by atoms with Gasteiger partial charge in [0.2, 0.25) is 0 Å². The highest BCUT2D eigenvalue weighted by molar-refractivity contribution is 7.46. The topological polar surface area (TPSA) is 88.0 Å². The Bertz CT molecular complexity index is 408. The summed E-state index contributed by atoms with van der Waals surface area (Å²) in [6, 6.07) is 10.8. The number of ether oxygens (including phenoxy) is 1. The third kappa shape index (κ3) is 6.29. The normalized spacial score (nSPS) is 23.4. The number of phosphoric acid groups is 1. The van der Waals surface area contributed by atoms with Crippen LogP contribution in [0.5, 0.6) is 0 Å². The summed E-state index contributed by atoms with van der Waals surface area (Å²) in [5, 5.41) is 3.41. The van der Waals surface area contributed by atoms with Crippen molar-refractivity contribution in [2.24, 2.45) is 0 Å². The van der Waals surface area contributed by atoms with Gasteiger partial charge in [0, 0.05) is 19.7 Å². The minimum atomic E-state index is -4.15. The highest BCUT2D eigenvalue weighted by atomic mass is 31.2. The molecular formula is C12H20NO5P. The van der Waals surface area contributed by atoms with Crippen LogP contribution in [0.2, 0.25) is 0 Å². The summed E-state index contributed by atoms with van der Waals surface area (Å²) in [7, 11) is -3.20. The van der Waals surface area contributed by atoms with E-state index in [1.165, 1.54) is 5.56 Å². The molecule has 1 heterocycles. The lowest BCUT2D eigenvalue weighted by atomic mass is 10.0. The molecule has 0 saturated carbocycles. The molecule has 1 saturated heterocycles. The van der Waals surface area contributed by atoms with Crippen LogP contribution in [0, 0.1) is 0 Å². The molecule has 2 unspecified atom stereocenters. The fraction of sp³-hybridized carbons (Fsp3) is 0.500. The fourth-order valence-electron chi connectivity index (χ4n) is 1.75. The molecule has 6 nitrogen and oxygen atoms in total. The smallest absolute Gasteiger partial charge is 0.371 e. The highest BCUT2D eigenvalue weighted by Gasteiger charge is 2.22. The van der Waals surface area contributed by atoms with Crippen molar-refractivity contribution in [2.75, 3.05) is 20.3 Å². The quantitative estimate of drug-likeness (QED) is 0.714. The van der Waals surface area contributed by atoms with Gasteiger partial charge in [-0.2, -0.15) is 0 Å². The van der Waals surface area contributed by atoms with Crippen LogP contribution in [0.1, 0.15) is 18.6 Å².